The van der Waals surface area contributed by atoms with Crippen molar-refractivity contribution < 1.29 is 24.2 Å². The zero-order chi connectivity index (χ0) is 31.9. The Balaban J connectivity index is 2.11. The molecule has 0 saturated heterocycles. The van der Waals surface area contributed by atoms with Crippen LogP contribution < -0.4 is 10.6 Å². The zero-order valence-electron chi connectivity index (χ0n) is 25.2. The molecule has 0 aliphatic rings. The first-order valence-electron chi connectivity index (χ1n) is 13.8. The molecule has 0 fully saturated rings. The fourth-order valence-electron chi connectivity index (χ4n) is 4.66. The van der Waals surface area contributed by atoms with Crippen LogP contribution in [0, 0.1) is 32.1 Å². The molecule has 3 aromatic rings. The summed E-state index contributed by atoms with van der Waals surface area (Å²) in [6.07, 6.45) is -0.828. The number of aromatic hydroxyl groups is 1. The molecule has 226 valence electrons. The molecule has 3 N–H and O–H groups in total. The van der Waals surface area contributed by atoms with Gasteiger partial charge in [0.25, 0.3) is 5.91 Å². The summed E-state index contributed by atoms with van der Waals surface area (Å²) in [5.41, 5.74) is 3.10. The van der Waals surface area contributed by atoms with E-state index >= 15 is 0 Å². The van der Waals surface area contributed by atoms with E-state index in [2.05, 4.69) is 10.6 Å². The van der Waals surface area contributed by atoms with Crippen LogP contribution in [0.2, 0.25) is 5.02 Å². The number of ether oxygens (including phenoxy) is 1. The summed E-state index contributed by atoms with van der Waals surface area (Å²) in [6.45, 7) is 10.2. The highest BCUT2D eigenvalue weighted by Crippen LogP contribution is 2.31. The van der Waals surface area contributed by atoms with Crippen LogP contribution in [0.3, 0.4) is 0 Å². The van der Waals surface area contributed by atoms with E-state index in [4.69, 9.17) is 16.3 Å². The van der Waals surface area contributed by atoms with E-state index in [0.717, 1.165) is 21.6 Å². The number of alkyl carbamates (subject to hydrolysis) is 1. The van der Waals surface area contributed by atoms with Crippen molar-refractivity contribution in [1.82, 2.24) is 10.2 Å². The Morgan fingerprint density at radius 3 is 2.28 bits per heavy atom. The second-order valence-electron chi connectivity index (χ2n) is 11.4. The standard InChI is InChI=1S/C33H37ClN4O5/c1-20-10-15-25(22(3)18-20)29(30(40)37-28-21(2)8-7-9-26(28)34)38(17-16-35)31(41)27(36-32(42)43-33(4,5)6)19-23-11-13-24(39)14-12-23/h7-15,18,27,29,39H,17,19H2,1-6H3,(H,36,42)(H,37,40). The average Bonchev–Trinajstić information content (AvgIpc) is 2.91. The largest absolute Gasteiger partial charge is 0.508 e. The van der Waals surface area contributed by atoms with Gasteiger partial charge in [-0.2, -0.15) is 5.26 Å². The van der Waals surface area contributed by atoms with Crippen LogP contribution in [-0.2, 0) is 20.7 Å². The van der Waals surface area contributed by atoms with Gasteiger partial charge in [0.05, 0.1) is 16.8 Å². The average molecular weight is 605 g/mol. The van der Waals surface area contributed by atoms with E-state index in [0.29, 0.717) is 21.8 Å². The molecule has 10 heteroatoms. The molecule has 0 bridgehead atoms. The van der Waals surface area contributed by atoms with Crippen LogP contribution in [0.25, 0.3) is 0 Å². The number of nitrogens with zero attached hydrogens (tertiary/aromatic N) is 2. The van der Waals surface area contributed by atoms with E-state index in [9.17, 15) is 24.8 Å². The number of benzene rings is 3. The summed E-state index contributed by atoms with van der Waals surface area (Å²) in [5, 5.41) is 25.4. The van der Waals surface area contributed by atoms with Crippen molar-refractivity contribution in [3.8, 4) is 11.8 Å². The van der Waals surface area contributed by atoms with Crippen LogP contribution in [0.5, 0.6) is 5.75 Å². The lowest BCUT2D eigenvalue weighted by Gasteiger charge is -2.34. The zero-order valence-corrected chi connectivity index (χ0v) is 26.0. The fourth-order valence-corrected chi connectivity index (χ4v) is 4.92. The minimum Gasteiger partial charge on any atom is -0.508 e. The predicted octanol–water partition coefficient (Wildman–Crippen LogP) is 6.14. The topological polar surface area (TPSA) is 132 Å². The molecule has 2 atom stereocenters. The Morgan fingerprint density at radius 1 is 1.02 bits per heavy atom. The van der Waals surface area contributed by atoms with Crippen molar-refractivity contribution in [3.05, 3.63) is 93.5 Å². The van der Waals surface area contributed by atoms with Gasteiger partial charge in [-0.15, -0.1) is 0 Å². The number of carbonyl (C=O) groups excluding carboxylic acids is 3. The minimum absolute atomic E-state index is 0.00508. The molecule has 2 unspecified atom stereocenters. The molecule has 3 amide bonds. The molecule has 0 heterocycles. The number of hydrogen-bond acceptors (Lipinski definition) is 6. The summed E-state index contributed by atoms with van der Waals surface area (Å²) in [7, 11) is 0. The molecule has 43 heavy (non-hydrogen) atoms. The highest BCUT2D eigenvalue weighted by Gasteiger charge is 2.37. The van der Waals surface area contributed by atoms with E-state index in [-0.39, 0.29) is 12.2 Å². The van der Waals surface area contributed by atoms with E-state index in [1.807, 2.05) is 32.0 Å². The van der Waals surface area contributed by atoms with Crippen molar-refractivity contribution in [2.24, 2.45) is 0 Å². The van der Waals surface area contributed by atoms with Crippen molar-refractivity contribution in [1.29, 1.82) is 5.26 Å². The number of nitriles is 1. The number of aryl methyl sites for hydroxylation is 3. The maximum atomic E-state index is 14.3. The SMILES string of the molecule is Cc1ccc(C(C(=O)Nc2c(C)cccc2Cl)N(CC#N)C(=O)C(Cc2ccc(O)cc2)NC(=O)OC(C)(C)C)c(C)c1. The summed E-state index contributed by atoms with van der Waals surface area (Å²) in [6, 6.07) is 16.4. The Labute approximate surface area is 257 Å². The highest BCUT2D eigenvalue weighted by atomic mass is 35.5. The van der Waals surface area contributed by atoms with Gasteiger partial charge in [-0.25, -0.2) is 4.79 Å². The number of phenols is 1. The summed E-state index contributed by atoms with van der Waals surface area (Å²) in [5.74, 6) is -1.21. The van der Waals surface area contributed by atoms with E-state index in [1.54, 1.807) is 64.1 Å². The summed E-state index contributed by atoms with van der Waals surface area (Å²) >= 11 is 6.41. The van der Waals surface area contributed by atoms with E-state index in [1.165, 1.54) is 12.1 Å². The number of amides is 3. The number of carbonyl (C=O) groups is 3. The molecule has 0 aliphatic heterocycles. The lowest BCUT2D eigenvalue weighted by atomic mass is 9.95. The summed E-state index contributed by atoms with van der Waals surface area (Å²) < 4.78 is 5.43. The maximum absolute atomic E-state index is 14.3. The fraction of sp³-hybridized carbons (Fsp3) is 0.333. The number of para-hydroxylation sites is 1. The van der Waals surface area contributed by atoms with Gasteiger partial charge < -0.3 is 25.4 Å². The lowest BCUT2D eigenvalue weighted by molar-refractivity contribution is -0.140. The quantitative estimate of drug-likeness (QED) is 0.251. The smallest absolute Gasteiger partial charge is 0.408 e. The van der Waals surface area contributed by atoms with Gasteiger partial charge in [-0.1, -0.05) is 59.6 Å². The second-order valence-corrected chi connectivity index (χ2v) is 11.8. The molecular weight excluding hydrogens is 568 g/mol. The first-order chi connectivity index (χ1) is 20.2. The van der Waals surface area contributed by atoms with Crippen LogP contribution in [0.1, 0.15) is 54.6 Å². The lowest BCUT2D eigenvalue weighted by Crippen LogP contribution is -2.53. The van der Waals surface area contributed by atoms with Crippen molar-refractivity contribution in [2.45, 2.75) is 65.6 Å². The second kappa shape index (κ2) is 14.1. The number of phenolic OH excluding ortho intramolecular Hbond substituents is 1. The monoisotopic (exact) mass is 604 g/mol. The van der Waals surface area contributed by atoms with Crippen LogP contribution in [-0.4, -0.2) is 46.1 Å². The molecule has 0 aromatic heterocycles. The normalized spacial score (nSPS) is 12.4. The molecule has 0 radical (unpaired) electrons. The molecule has 0 saturated carbocycles. The van der Waals surface area contributed by atoms with Crippen molar-refractivity contribution in [2.75, 3.05) is 11.9 Å². The molecule has 9 nitrogen and oxygen atoms in total. The Kier molecular flexibility index (Phi) is 10.8. The molecule has 0 spiro atoms. The number of nitrogens with one attached hydrogen (secondary N) is 2. The third-order valence-corrected chi connectivity index (χ3v) is 6.95. The Morgan fingerprint density at radius 2 is 1.70 bits per heavy atom. The molecule has 3 rings (SSSR count). The Hall–Kier alpha value is -4.55. The van der Waals surface area contributed by atoms with Gasteiger partial charge in [0, 0.05) is 6.42 Å². The van der Waals surface area contributed by atoms with E-state index < -0.39 is 42.1 Å². The molecule has 0 aliphatic carbocycles. The third-order valence-electron chi connectivity index (χ3n) is 6.64. The van der Waals surface area contributed by atoms with Gasteiger partial charge in [0.1, 0.15) is 30.0 Å². The van der Waals surface area contributed by atoms with Gasteiger partial charge >= 0.3 is 6.09 Å². The van der Waals surface area contributed by atoms with Crippen LogP contribution in [0.15, 0.2) is 60.7 Å². The maximum Gasteiger partial charge on any atom is 0.408 e. The van der Waals surface area contributed by atoms with Crippen molar-refractivity contribution >= 4 is 35.2 Å². The third kappa shape index (κ3) is 8.97. The van der Waals surface area contributed by atoms with Crippen LogP contribution >= 0.6 is 11.6 Å². The molecular formula is C33H37ClN4O5. The number of anilines is 1. The van der Waals surface area contributed by atoms with Gasteiger partial charge in [0.2, 0.25) is 5.91 Å². The first kappa shape index (κ1) is 33.0. The minimum atomic E-state index is -1.24. The number of hydrogen-bond donors (Lipinski definition) is 3. The predicted molar refractivity (Wildman–Crippen MR) is 166 cm³/mol. The summed E-state index contributed by atoms with van der Waals surface area (Å²) in [4.78, 5) is 42.5. The molecule has 3 aromatic carbocycles. The van der Waals surface area contributed by atoms with Crippen molar-refractivity contribution in [3.63, 3.8) is 0 Å². The van der Waals surface area contributed by atoms with Gasteiger partial charge in [-0.05, 0) is 82.0 Å². The number of halogens is 1. The van der Waals surface area contributed by atoms with Gasteiger partial charge in [-0.3, -0.25) is 9.59 Å². The van der Waals surface area contributed by atoms with Gasteiger partial charge in [0.15, 0.2) is 0 Å². The highest BCUT2D eigenvalue weighted by molar-refractivity contribution is 6.34. The van der Waals surface area contributed by atoms with Crippen LogP contribution in [0.4, 0.5) is 10.5 Å². The first-order valence-corrected chi connectivity index (χ1v) is 14.2. The Bertz CT molecular complexity index is 1510. The number of rotatable bonds is 9.